The number of halogens is 2. The first-order chi connectivity index (χ1) is 8.88. The lowest BCUT2D eigenvalue weighted by molar-refractivity contribution is 0.600. The van der Waals surface area contributed by atoms with E-state index in [-0.39, 0.29) is 4.90 Å². The summed E-state index contributed by atoms with van der Waals surface area (Å²) in [6.45, 7) is 1.80. The maximum absolute atomic E-state index is 12.3. The van der Waals surface area contributed by atoms with Gasteiger partial charge in [0.25, 0.3) is 10.0 Å². The van der Waals surface area contributed by atoms with E-state index in [1.165, 1.54) is 6.07 Å². The van der Waals surface area contributed by atoms with Crippen molar-refractivity contribution in [1.82, 2.24) is 4.98 Å². The van der Waals surface area contributed by atoms with E-state index >= 15 is 0 Å². The van der Waals surface area contributed by atoms with Crippen molar-refractivity contribution in [3.63, 3.8) is 0 Å². The molecule has 1 aromatic heterocycles. The minimum absolute atomic E-state index is 0.185. The highest BCUT2D eigenvalue weighted by Gasteiger charge is 2.17. The first kappa shape index (κ1) is 14.5. The van der Waals surface area contributed by atoms with Crippen LogP contribution in [-0.4, -0.2) is 13.4 Å². The number of nitrogens with zero attached hydrogens (tertiary/aromatic N) is 1. The summed E-state index contributed by atoms with van der Waals surface area (Å²) in [6.07, 6.45) is 1.56. The molecule has 19 heavy (non-hydrogen) atoms. The first-order valence-electron chi connectivity index (χ1n) is 5.29. The Morgan fingerprint density at radius 2 is 1.89 bits per heavy atom. The maximum atomic E-state index is 12.3. The third-order valence-electron chi connectivity index (χ3n) is 2.33. The summed E-state index contributed by atoms with van der Waals surface area (Å²) in [4.78, 5) is 4.21. The van der Waals surface area contributed by atoms with Crippen LogP contribution in [0.25, 0.3) is 0 Å². The number of nitrogens with one attached hydrogen (secondary N) is 1. The number of pyridine rings is 1. The van der Waals surface area contributed by atoms with Gasteiger partial charge >= 0.3 is 0 Å². The molecule has 2 aromatic rings. The van der Waals surface area contributed by atoms with E-state index in [1.54, 1.807) is 37.4 Å². The highest BCUT2D eigenvalue weighted by Crippen LogP contribution is 2.27. The molecule has 0 radical (unpaired) electrons. The van der Waals surface area contributed by atoms with Crippen LogP contribution in [0, 0.1) is 6.92 Å². The Kier molecular flexibility index (Phi) is 4.27. The van der Waals surface area contributed by atoms with Crippen LogP contribution in [0.3, 0.4) is 0 Å². The Morgan fingerprint density at radius 3 is 2.53 bits per heavy atom. The predicted molar refractivity (Wildman–Crippen MR) is 81.6 cm³/mol. The summed E-state index contributed by atoms with van der Waals surface area (Å²) in [7, 11) is -3.62. The zero-order valence-electron chi connectivity index (χ0n) is 9.89. The fourth-order valence-electron chi connectivity index (χ4n) is 1.51. The van der Waals surface area contributed by atoms with Gasteiger partial charge < -0.3 is 0 Å². The largest absolute Gasteiger partial charge is 0.279 e. The normalized spacial score (nSPS) is 11.3. The lowest BCUT2D eigenvalue weighted by Crippen LogP contribution is -2.13. The molecule has 1 heterocycles. The van der Waals surface area contributed by atoms with Crippen LogP contribution in [0.4, 0.5) is 5.69 Å². The number of benzene rings is 1. The third kappa shape index (κ3) is 3.55. The molecule has 1 N–H and O–H groups in total. The molecule has 0 bridgehead atoms. The zero-order valence-corrected chi connectivity index (χ0v) is 13.9. The fourth-order valence-corrected chi connectivity index (χ4v) is 4.31. The average molecular weight is 406 g/mol. The number of rotatable bonds is 3. The molecule has 0 saturated heterocycles. The second-order valence-corrected chi connectivity index (χ2v) is 7.29. The SMILES string of the molecule is Cc1cc(NS(=O)(=O)c2ccc(Br)cc2Br)ccn1. The lowest BCUT2D eigenvalue weighted by atomic mass is 10.3. The second-order valence-electron chi connectivity index (χ2n) is 3.87. The van der Waals surface area contributed by atoms with Gasteiger partial charge in [0.05, 0.1) is 5.69 Å². The van der Waals surface area contributed by atoms with Gasteiger partial charge in [-0.2, -0.15) is 0 Å². The molecule has 0 unspecified atom stereocenters. The van der Waals surface area contributed by atoms with Crippen molar-refractivity contribution in [1.29, 1.82) is 0 Å². The van der Waals surface area contributed by atoms with Crippen molar-refractivity contribution in [2.75, 3.05) is 4.72 Å². The Labute approximate surface area is 128 Å². The molecule has 0 aliphatic rings. The van der Waals surface area contributed by atoms with E-state index in [2.05, 4.69) is 41.6 Å². The van der Waals surface area contributed by atoms with Gasteiger partial charge in [0, 0.05) is 20.8 Å². The lowest BCUT2D eigenvalue weighted by Gasteiger charge is -2.10. The monoisotopic (exact) mass is 404 g/mol. The average Bonchev–Trinajstić information content (AvgIpc) is 2.27. The van der Waals surface area contributed by atoms with E-state index in [4.69, 9.17) is 0 Å². The molecule has 0 aliphatic heterocycles. The van der Waals surface area contributed by atoms with Gasteiger partial charge in [-0.3, -0.25) is 9.71 Å². The van der Waals surface area contributed by atoms with Crippen molar-refractivity contribution in [3.8, 4) is 0 Å². The van der Waals surface area contributed by atoms with Gasteiger partial charge in [0.2, 0.25) is 0 Å². The van der Waals surface area contributed by atoms with Crippen LogP contribution in [0.2, 0.25) is 0 Å². The van der Waals surface area contributed by atoms with Gasteiger partial charge in [0.1, 0.15) is 4.90 Å². The van der Waals surface area contributed by atoms with Gasteiger partial charge in [-0.15, -0.1) is 0 Å². The maximum Gasteiger partial charge on any atom is 0.263 e. The summed E-state index contributed by atoms with van der Waals surface area (Å²) in [6, 6.07) is 8.18. The van der Waals surface area contributed by atoms with Crippen LogP contribution >= 0.6 is 31.9 Å². The van der Waals surface area contributed by atoms with E-state index in [1.807, 2.05) is 0 Å². The van der Waals surface area contributed by atoms with Gasteiger partial charge in [-0.25, -0.2) is 8.42 Å². The molecular weight excluding hydrogens is 396 g/mol. The van der Waals surface area contributed by atoms with Gasteiger partial charge in [-0.1, -0.05) is 15.9 Å². The Balaban J connectivity index is 2.38. The second kappa shape index (κ2) is 5.60. The molecule has 2 rings (SSSR count). The molecular formula is C12H10Br2N2O2S. The van der Waals surface area contributed by atoms with Crippen molar-refractivity contribution in [2.45, 2.75) is 11.8 Å². The summed E-state index contributed by atoms with van der Waals surface area (Å²) in [5.74, 6) is 0. The summed E-state index contributed by atoms with van der Waals surface area (Å²) < 4.78 is 28.4. The molecule has 7 heteroatoms. The van der Waals surface area contributed by atoms with Crippen molar-refractivity contribution < 1.29 is 8.42 Å². The summed E-state index contributed by atoms with van der Waals surface area (Å²) in [5.41, 5.74) is 1.23. The fraction of sp³-hybridized carbons (Fsp3) is 0.0833. The van der Waals surface area contributed by atoms with Crippen LogP contribution < -0.4 is 4.72 Å². The highest BCUT2D eigenvalue weighted by atomic mass is 79.9. The molecule has 1 aromatic carbocycles. The molecule has 4 nitrogen and oxygen atoms in total. The van der Waals surface area contributed by atoms with Crippen molar-refractivity contribution in [3.05, 3.63) is 51.2 Å². The molecule has 0 aliphatic carbocycles. The smallest absolute Gasteiger partial charge is 0.263 e. The van der Waals surface area contributed by atoms with E-state index < -0.39 is 10.0 Å². The third-order valence-corrected chi connectivity index (χ3v) is 5.18. The van der Waals surface area contributed by atoms with E-state index in [0.717, 1.165) is 10.2 Å². The molecule has 0 spiro atoms. The Morgan fingerprint density at radius 1 is 1.16 bits per heavy atom. The van der Waals surface area contributed by atoms with E-state index in [0.29, 0.717) is 10.2 Å². The van der Waals surface area contributed by atoms with Crippen LogP contribution in [-0.2, 0) is 10.0 Å². The quantitative estimate of drug-likeness (QED) is 0.846. The Hall–Kier alpha value is -0.920. The predicted octanol–water partition coefficient (Wildman–Crippen LogP) is 3.72. The Bertz CT molecular complexity index is 717. The highest BCUT2D eigenvalue weighted by molar-refractivity contribution is 9.11. The molecule has 100 valence electrons. The number of anilines is 1. The van der Waals surface area contributed by atoms with E-state index in [9.17, 15) is 8.42 Å². The topological polar surface area (TPSA) is 59.1 Å². The first-order valence-corrected chi connectivity index (χ1v) is 8.36. The van der Waals surface area contributed by atoms with Crippen LogP contribution in [0.15, 0.2) is 50.4 Å². The minimum atomic E-state index is -3.62. The van der Waals surface area contributed by atoms with Gasteiger partial charge in [0.15, 0.2) is 0 Å². The number of aryl methyl sites for hydroxylation is 1. The number of hydrogen-bond donors (Lipinski definition) is 1. The molecule has 0 fully saturated rings. The van der Waals surface area contributed by atoms with Crippen LogP contribution in [0.1, 0.15) is 5.69 Å². The van der Waals surface area contributed by atoms with Crippen molar-refractivity contribution >= 4 is 47.6 Å². The van der Waals surface area contributed by atoms with Gasteiger partial charge in [-0.05, 0) is 53.2 Å². The minimum Gasteiger partial charge on any atom is -0.279 e. The number of aromatic nitrogens is 1. The number of sulfonamides is 1. The molecule has 0 amide bonds. The van der Waals surface area contributed by atoms with Crippen LogP contribution in [0.5, 0.6) is 0 Å². The number of hydrogen-bond acceptors (Lipinski definition) is 3. The zero-order chi connectivity index (χ0) is 14.0. The van der Waals surface area contributed by atoms with Crippen molar-refractivity contribution in [2.24, 2.45) is 0 Å². The molecule has 0 atom stereocenters. The summed E-state index contributed by atoms with van der Waals surface area (Å²) in [5, 5.41) is 0. The standard InChI is InChI=1S/C12H10Br2N2O2S/c1-8-6-10(4-5-15-8)16-19(17,18)12-3-2-9(13)7-11(12)14/h2-7H,1H3,(H,15,16). The summed E-state index contributed by atoms with van der Waals surface area (Å²) >= 11 is 6.54. The molecule has 0 saturated carbocycles.